The number of thiophene rings is 1. The number of para-hydroxylation sites is 1. The van der Waals surface area contributed by atoms with E-state index in [-0.39, 0.29) is 41.8 Å². The van der Waals surface area contributed by atoms with Crippen LogP contribution in [0.15, 0.2) is 83.8 Å². The first kappa shape index (κ1) is 25.0. The average molecular weight is 553 g/mol. The van der Waals surface area contributed by atoms with E-state index in [1.54, 1.807) is 42.5 Å². The zero-order valence-corrected chi connectivity index (χ0v) is 22.7. The van der Waals surface area contributed by atoms with E-state index in [9.17, 15) is 24.3 Å². The zero-order chi connectivity index (χ0) is 27.8. The Bertz CT molecular complexity index is 1580. The minimum Gasteiger partial charge on any atom is -0.508 e. The summed E-state index contributed by atoms with van der Waals surface area (Å²) in [5.41, 5.74) is 1.05. The number of allylic oxidation sites excluding steroid dienone is 2. The number of nitrogens with zero attached hydrogens (tertiary/aromatic N) is 2. The Morgan fingerprint density at radius 1 is 0.925 bits per heavy atom. The van der Waals surface area contributed by atoms with E-state index in [1.165, 1.54) is 21.1 Å². The van der Waals surface area contributed by atoms with Crippen molar-refractivity contribution in [2.45, 2.75) is 32.2 Å². The molecule has 7 rings (SSSR count). The molecule has 202 valence electrons. The average Bonchev–Trinajstić information content (AvgIpc) is 3.60. The summed E-state index contributed by atoms with van der Waals surface area (Å²) in [5, 5.41) is 12.3. The summed E-state index contributed by atoms with van der Waals surface area (Å²) in [4.78, 5) is 59.4. The molecule has 40 heavy (non-hydrogen) atoms. The number of hydrogen-bond acceptors (Lipinski definition) is 6. The number of carbonyl (C=O) groups is 4. The second-order valence-electron chi connectivity index (χ2n) is 11.4. The van der Waals surface area contributed by atoms with Gasteiger partial charge in [0.05, 0.1) is 35.4 Å². The molecule has 0 spiro atoms. The Balaban J connectivity index is 1.34. The zero-order valence-electron chi connectivity index (χ0n) is 21.9. The molecule has 6 atom stereocenters. The van der Waals surface area contributed by atoms with Crippen molar-refractivity contribution in [2.24, 2.45) is 29.1 Å². The Hall–Kier alpha value is -4.04. The molecule has 1 N–H and O–H groups in total. The van der Waals surface area contributed by atoms with Crippen molar-refractivity contribution < 1.29 is 24.3 Å². The lowest BCUT2D eigenvalue weighted by molar-refractivity contribution is -0.141. The Kier molecular flexibility index (Phi) is 5.61. The molecular formula is C32H28N2O5S. The van der Waals surface area contributed by atoms with E-state index in [2.05, 4.69) is 0 Å². The summed E-state index contributed by atoms with van der Waals surface area (Å²) in [6, 6.07) is 19.6. The van der Waals surface area contributed by atoms with Gasteiger partial charge >= 0.3 is 0 Å². The molecule has 0 radical (unpaired) electrons. The fourth-order valence-corrected chi connectivity index (χ4v) is 8.40. The fourth-order valence-electron chi connectivity index (χ4n) is 7.70. The summed E-state index contributed by atoms with van der Waals surface area (Å²) in [6.07, 6.45) is 2.76. The van der Waals surface area contributed by atoms with Gasteiger partial charge < -0.3 is 5.11 Å². The quantitative estimate of drug-likeness (QED) is 0.368. The van der Waals surface area contributed by atoms with Crippen LogP contribution in [0.5, 0.6) is 5.75 Å². The van der Waals surface area contributed by atoms with E-state index < -0.39 is 29.1 Å². The molecule has 4 amide bonds. The number of amides is 4. The third-order valence-electron chi connectivity index (χ3n) is 9.48. The van der Waals surface area contributed by atoms with Crippen LogP contribution in [-0.2, 0) is 25.7 Å². The normalized spacial score (nSPS) is 31.2. The lowest BCUT2D eigenvalue weighted by Crippen LogP contribution is -2.48. The van der Waals surface area contributed by atoms with Crippen LogP contribution in [-0.4, -0.2) is 33.6 Å². The summed E-state index contributed by atoms with van der Waals surface area (Å²) < 4.78 is 0. The standard InChI is InChI=1S/C32H28N2O5S/c1-32-25(29(37)34(31(32)39)19-8-3-2-4-9-19)16-24-22(27(32)18-7-5-10-20(35)15-18)12-13-23-26(24)30(38)33(28(23)36)17-21-11-6-14-40-21/h2-12,14-15,23-27,35H,13,16-17H2,1H3/t23-,24+,25-,26-,27-,32+/m0/s1. The van der Waals surface area contributed by atoms with E-state index in [4.69, 9.17) is 0 Å². The summed E-state index contributed by atoms with van der Waals surface area (Å²) >= 11 is 1.51. The Labute approximate surface area is 235 Å². The predicted octanol–water partition coefficient (Wildman–Crippen LogP) is 4.88. The molecule has 1 aromatic heterocycles. The van der Waals surface area contributed by atoms with E-state index in [0.29, 0.717) is 18.5 Å². The highest BCUT2D eigenvalue weighted by atomic mass is 32.1. The van der Waals surface area contributed by atoms with Gasteiger partial charge in [-0.1, -0.05) is 48.0 Å². The molecule has 4 aliphatic rings. The van der Waals surface area contributed by atoms with Crippen molar-refractivity contribution >= 4 is 40.7 Å². The van der Waals surface area contributed by atoms with E-state index in [1.807, 2.05) is 42.6 Å². The van der Waals surface area contributed by atoms with Crippen molar-refractivity contribution in [3.8, 4) is 5.75 Å². The van der Waals surface area contributed by atoms with Gasteiger partial charge in [0.15, 0.2) is 0 Å². The van der Waals surface area contributed by atoms with Crippen molar-refractivity contribution in [3.05, 3.63) is 94.2 Å². The molecule has 2 aliphatic heterocycles. The summed E-state index contributed by atoms with van der Waals surface area (Å²) in [7, 11) is 0. The predicted molar refractivity (Wildman–Crippen MR) is 149 cm³/mol. The van der Waals surface area contributed by atoms with Gasteiger partial charge in [-0.25, -0.2) is 4.90 Å². The van der Waals surface area contributed by atoms with Gasteiger partial charge in [0.25, 0.3) is 0 Å². The van der Waals surface area contributed by atoms with Gasteiger partial charge in [0.2, 0.25) is 23.6 Å². The number of phenols is 1. The van der Waals surface area contributed by atoms with Gasteiger partial charge in [-0.2, -0.15) is 0 Å². The van der Waals surface area contributed by atoms with Gasteiger partial charge in [-0.15, -0.1) is 11.3 Å². The number of hydrogen-bond donors (Lipinski definition) is 1. The molecule has 0 bridgehead atoms. The molecule has 3 heterocycles. The van der Waals surface area contributed by atoms with E-state index >= 15 is 0 Å². The minimum absolute atomic E-state index is 0.0694. The van der Waals surface area contributed by atoms with Crippen LogP contribution in [0.4, 0.5) is 5.69 Å². The topological polar surface area (TPSA) is 95.0 Å². The fraction of sp³-hybridized carbons (Fsp3) is 0.312. The third-order valence-corrected chi connectivity index (χ3v) is 10.3. The Morgan fingerprint density at radius 2 is 1.73 bits per heavy atom. The molecular weight excluding hydrogens is 524 g/mol. The van der Waals surface area contributed by atoms with Crippen LogP contribution >= 0.6 is 11.3 Å². The van der Waals surface area contributed by atoms with Crippen LogP contribution in [0.3, 0.4) is 0 Å². The van der Waals surface area contributed by atoms with Crippen LogP contribution in [0, 0.1) is 29.1 Å². The monoisotopic (exact) mass is 552 g/mol. The Morgan fingerprint density at radius 3 is 2.45 bits per heavy atom. The van der Waals surface area contributed by atoms with Crippen LogP contribution < -0.4 is 4.90 Å². The van der Waals surface area contributed by atoms with Gasteiger partial charge in [-0.05, 0) is 67.0 Å². The summed E-state index contributed by atoms with van der Waals surface area (Å²) in [6.45, 7) is 2.10. The lowest BCUT2D eigenvalue weighted by Gasteiger charge is -2.49. The van der Waals surface area contributed by atoms with Crippen molar-refractivity contribution in [1.82, 2.24) is 4.90 Å². The van der Waals surface area contributed by atoms with Crippen LogP contribution in [0.25, 0.3) is 0 Å². The van der Waals surface area contributed by atoms with Crippen molar-refractivity contribution in [1.29, 1.82) is 0 Å². The van der Waals surface area contributed by atoms with Crippen molar-refractivity contribution in [2.75, 3.05) is 4.90 Å². The van der Waals surface area contributed by atoms with Gasteiger partial charge in [0, 0.05) is 10.8 Å². The van der Waals surface area contributed by atoms with Crippen LogP contribution in [0.1, 0.15) is 36.1 Å². The molecule has 2 aliphatic carbocycles. The summed E-state index contributed by atoms with van der Waals surface area (Å²) in [5.74, 6) is -3.48. The minimum atomic E-state index is -1.11. The highest BCUT2D eigenvalue weighted by Gasteiger charge is 2.67. The molecule has 7 nitrogen and oxygen atoms in total. The smallest absolute Gasteiger partial charge is 0.241 e. The maximum absolute atomic E-state index is 14.3. The molecule has 0 unspecified atom stereocenters. The van der Waals surface area contributed by atoms with Gasteiger partial charge in [0.1, 0.15) is 5.75 Å². The van der Waals surface area contributed by atoms with Crippen LogP contribution in [0.2, 0.25) is 0 Å². The molecule has 1 saturated carbocycles. The van der Waals surface area contributed by atoms with Crippen molar-refractivity contribution in [3.63, 3.8) is 0 Å². The number of aromatic hydroxyl groups is 1. The number of imide groups is 2. The molecule has 3 fully saturated rings. The molecule has 2 saturated heterocycles. The molecule has 3 aromatic rings. The largest absolute Gasteiger partial charge is 0.508 e. The number of carbonyl (C=O) groups excluding carboxylic acids is 4. The number of phenolic OH excluding ortho intramolecular Hbond substituents is 1. The maximum Gasteiger partial charge on any atom is 0.241 e. The first-order valence-corrected chi connectivity index (χ1v) is 14.5. The third kappa shape index (κ3) is 3.41. The van der Waals surface area contributed by atoms with E-state index in [0.717, 1.165) is 16.0 Å². The highest BCUT2D eigenvalue weighted by Crippen LogP contribution is 2.63. The SMILES string of the molecule is C[C@@]12C(=O)N(c3ccccc3)C(=O)[C@@H]1C[C@@H]1C(=CC[C@@H]3C(=O)N(Cc4cccs4)C(=O)[C@@H]31)[C@@H]2c1cccc(O)c1. The number of benzene rings is 2. The second-order valence-corrected chi connectivity index (χ2v) is 12.5. The highest BCUT2D eigenvalue weighted by molar-refractivity contribution is 7.09. The number of likely N-dealkylation sites (tertiary alicyclic amines) is 1. The lowest BCUT2D eigenvalue weighted by atomic mass is 9.51. The maximum atomic E-state index is 14.3. The molecule has 8 heteroatoms. The number of anilines is 1. The van der Waals surface area contributed by atoms with Gasteiger partial charge in [-0.3, -0.25) is 24.1 Å². The molecule has 2 aromatic carbocycles. The first-order chi connectivity index (χ1) is 19.3. The second kappa shape index (κ2) is 8.99. The number of fused-ring (bicyclic) bond motifs is 4. The number of rotatable bonds is 4. The first-order valence-electron chi connectivity index (χ1n) is 13.6.